The molecule has 0 saturated heterocycles. The van der Waals surface area contributed by atoms with Gasteiger partial charge in [0.05, 0.1) is 5.52 Å². The van der Waals surface area contributed by atoms with Crippen LogP contribution in [0.15, 0.2) is 45.6 Å². The topological polar surface area (TPSA) is 95.4 Å². The van der Waals surface area contributed by atoms with Crippen molar-refractivity contribution in [2.45, 2.75) is 33.6 Å². The van der Waals surface area contributed by atoms with E-state index >= 15 is 0 Å². The number of ketones is 1. The van der Waals surface area contributed by atoms with Gasteiger partial charge in [-0.1, -0.05) is 0 Å². The van der Waals surface area contributed by atoms with E-state index in [9.17, 15) is 14.4 Å². The number of hydrogen-bond donors (Lipinski definition) is 2. The first-order valence-corrected chi connectivity index (χ1v) is 9.72. The number of aromatic nitrogens is 1. The fraction of sp³-hybridized carbons (Fsp3) is 0.318. The monoisotopic (exact) mass is 395 g/mol. The summed E-state index contributed by atoms with van der Waals surface area (Å²) in [4.78, 5) is 40.7. The van der Waals surface area contributed by atoms with Crippen LogP contribution in [0.2, 0.25) is 0 Å². The molecule has 0 radical (unpaired) electrons. The van der Waals surface area contributed by atoms with Gasteiger partial charge in [0, 0.05) is 42.9 Å². The Morgan fingerprint density at radius 2 is 1.83 bits per heavy atom. The summed E-state index contributed by atoms with van der Waals surface area (Å²) >= 11 is 0. The van der Waals surface area contributed by atoms with Crippen LogP contribution in [0.25, 0.3) is 11.1 Å². The lowest BCUT2D eigenvalue weighted by atomic mass is 10.1. The highest BCUT2D eigenvalue weighted by Crippen LogP contribution is 2.23. The summed E-state index contributed by atoms with van der Waals surface area (Å²) in [6, 6.07) is 10.7. The molecule has 0 atom stereocenters. The van der Waals surface area contributed by atoms with Crippen molar-refractivity contribution in [3.63, 3.8) is 0 Å². The van der Waals surface area contributed by atoms with E-state index in [0.29, 0.717) is 16.7 Å². The lowest BCUT2D eigenvalue weighted by Gasteiger charge is -2.22. The van der Waals surface area contributed by atoms with Crippen LogP contribution in [0.5, 0.6) is 0 Å². The lowest BCUT2D eigenvalue weighted by molar-refractivity contribution is -0.116. The molecule has 0 aliphatic carbocycles. The number of aryl methyl sites for hydroxylation is 1. The number of nitrogens with zero attached hydrogens (tertiary/aromatic N) is 1. The maximum absolute atomic E-state index is 12.4. The molecule has 2 aromatic carbocycles. The third-order valence-corrected chi connectivity index (χ3v) is 4.93. The second-order valence-electron chi connectivity index (χ2n) is 6.87. The smallest absolute Gasteiger partial charge is 0.408 e. The van der Waals surface area contributed by atoms with Gasteiger partial charge in [-0.25, -0.2) is 4.79 Å². The summed E-state index contributed by atoms with van der Waals surface area (Å²) in [5.41, 5.74) is 4.11. The molecular weight excluding hydrogens is 370 g/mol. The fourth-order valence-corrected chi connectivity index (χ4v) is 3.28. The van der Waals surface area contributed by atoms with E-state index in [2.05, 4.69) is 29.0 Å². The minimum atomic E-state index is -0.564. The normalized spacial score (nSPS) is 10.9. The molecule has 29 heavy (non-hydrogen) atoms. The van der Waals surface area contributed by atoms with Crippen molar-refractivity contribution < 1.29 is 14.0 Å². The van der Waals surface area contributed by atoms with E-state index in [1.54, 1.807) is 12.1 Å². The predicted molar refractivity (Wildman–Crippen MR) is 114 cm³/mol. The molecule has 0 fully saturated rings. The van der Waals surface area contributed by atoms with Gasteiger partial charge in [0.15, 0.2) is 11.4 Å². The molecule has 2 N–H and O–H groups in total. The van der Waals surface area contributed by atoms with E-state index in [1.807, 2.05) is 25.1 Å². The molecule has 0 spiro atoms. The number of carbonyl (C=O) groups is 2. The van der Waals surface area contributed by atoms with Crippen LogP contribution < -0.4 is 16.0 Å². The number of benzene rings is 2. The van der Waals surface area contributed by atoms with Gasteiger partial charge in [0.1, 0.15) is 0 Å². The largest absolute Gasteiger partial charge is 0.417 e. The number of H-pyrrole nitrogens is 1. The Labute approximate surface area is 168 Å². The van der Waals surface area contributed by atoms with Crippen molar-refractivity contribution in [3.05, 3.63) is 58.1 Å². The first-order valence-electron chi connectivity index (χ1n) is 9.72. The zero-order valence-corrected chi connectivity index (χ0v) is 16.9. The van der Waals surface area contributed by atoms with Gasteiger partial charge in [-0.3, -0.25) is 14.6 Å². The van der Waals surface area contributed by atoms with Crippen molar-refractivity contribution in [2.75, 3.05) is 23.3 Å². The number of hydrogen-bond acceptors (Lipinski definition) is 5. The van der Waals surface area contributed by atoms with Gasteiger partial charge in [0.25, 0.3) is 0 Å². The first kappa shape index (κ1) is 20.4. The van der Waals surface area contributed by atoms with Crippen LogP contribution in [-0.2, 0) is 4.79 Å². The van der Waals surface area contributed by atoms with Crippen molar-refractivity contribution in [3.8, 4) is 0 Å². The summed E-state index contributed by atoms with van der Waals surface area (Å²) in [6.07, 6.45) is 0.147. The maximum Gasteiger partial charge on any atom is 0.417 e. The van der Waals surface area contributed by atoms with Crippen LogP contribution in [0.3, 0.4) is 0 Å². The summed E-state index contributed by atoms with van der Waals surface area (Å²) in [5, 5.41) is 2.88. The molecule has 1 heterocycles. The molecule has 0 unspecified atom stereocenters. The number of nitrogens with one attached hydrogen (secondary N) is 2. The Bertz CT molecular complexity index is 1090. The van der Waals surface area contributed by atoms with Crippen molar-refractivity contribution in [1.82, 2.24) is 4.98 Å². The number of fused-ring (bicyclic) bond motifs is 1. The number of aromatic amines is 1. The van der Waals surface area contributed by atoms with Crippen LogP contribution in [0, 0.1) is 6.92 Å². The van der Waals surface area contributed by atoms with Crippen LogP contribution in [0.4, 0.5) is 11.4 Å². The van der Waals surface area contributed by atoms with Crippen molar-refractivity contribution in [1.29, 1.82) is 0 Å². The molecule has 0 aliphatic rings. The Morgan fingerprint density at radius 1 is 1.07 bits per heavy atom. The molecule has 1 aromatic heterocycles. The predicted octanol–water partition coefficient (Wildman–Crippen LogP) is 3.88. The molecule has 0 aliphatic heterocycles. The third kappa shape index (κ3) is 4.74. The molecule has 7 heteroatoms. The van der Waals surface area contributed by atoms with E-state index in [0.717, 1.165) is 30.0 Å². The minimum absolute atomic E-state index is 0.0720. The highest BCUT2D eigenvalue weighted by molar-refractivity contribution is 6.01. The summed E-state index contributed by atoms with van der Waals surface area (Å²) in [7, 11) is 0. The molecule has 3 aromatic rings. The van der Waals surface area contributed by atoms with Gasteiger partial charge in [0.2, 0.25) is 5.91 Å². The average molecular weight is 395 g/mol. The summed E-state index contributed by atoms with van der Waals surface area (Å²) in [6.45, 7) is 8.00. The summed E-state index contributed by atoms with van der Waals surface area (Å²) < 4.78 is 4.97. The number of amides is 1. The average Bonchev–Trinajstić information content (AvgIpc) is 3.08. The minimum Gasteiger partial charge on any atom is -0.408 e. The SMILES string of the molecule is CCN(CC)c1ccc(NC(=O)CCC(=O)c2ccc3[nH]c(=O)oc3c2)c(C)c1. The standard InChI is InChI=1S/C22H25N3O4/c1-4-25(5-2)16-7-9-17(14(3)12-16)23-21(27)11-10-19(26)15-6-8-18-20(13-15)29-22(28)24-18/h6-9,12-13H,4-5,10-11H2,1-3H3,(H,23,27)(H,24,28). The van der Waals surface area contributed by atoms with E-state index in [-0.39, 0.29) is 24.5 Å². The van der Waals surface area contributed by atoms with Gasteiger partial charge >= 0.3 is 5.76 Å². The molecule has 7 nitrogen and oxygen atoms in total. The van der Waals surface area contributed by atoms with Gasteiger partial charge < -0.3 is 14.6 Å². The Hall–Kier alpha value is -3.35. The molecule has 152 valence electrons. The van der Waals surface area contributed by atoms with Gasteiger partial charge in [-0.05, 0) is 62.7 Å². The van der Waals surface area contributed by atoms with E-state index in [4.69, 9.17) is 4.42 Å². The zero-order valence-electron chi connectivity index (χ0n) is 16.9. The number of Topliss-reactive ketones (excluding diaryl/α,β-unsaturated/α-hetero) is 1. The highest BCUT2D eigenvalue weighted by atomic mass is 16.4. The lowest BCUT2D eigenvalue weighted by Crippen LogP contribution is -2.22. The Morgan fingerprint density at radius 3 is 2.52 bits per heavy atom. The molecule has 0 saturated carbocycles. The number of carbonyl (C=O) groups excluding carboxylic acids is 2. The van der Waals surface area contributed by atoms with Crippen LogP contribution in [0.1, 0.15) is 42.6 Å². The van der Waals surface area contributed by atoms with Crippen molar-refractivity contribution in [2.24, 2.45) is 0 Å². The molecule has 1 amide bonds. The zero-order chi connectivity index (χ0) is 21.0. The number of anilines is 2. The number of rotatable bonds is 8. The second kappa shape index (κ2) is 8.77. The molecule has 0 bridgehead atoms. The quantitative estimate of drug-likeness (QED) is 0.565. The van der Waals surface area contributed by atoms with Crippen molar-refractivity contribution >= 4 is 34.2 Å². The molecular formula is C22H25N3O4. The second-order valence-corrected chi connectivity index (χ2v) is 6.87. The Kier molecular flexibility index (Phi) is 6.16. The maximum atomic E-state index is 12.4. The van der Waals surface area contributed by atoms with E-state index < -0.39 is 5.76 Å². The highest BCUT2D eigenvalue weighted by Gasteiger charge is 2.13. The first-order chi connectivity index (χ1) is 13.9. The van der Waals surface area contributed by atoms with E-state index in [1.165, 1.54) is 6.07 Å². The van der Waals surface area contributed by atoms with Gasteiger partial charge in [-0.2, -0.15) is 0 Å². The third-order valence-electron chi connectivity index (χ3n) is 4.93. The Balaban J connectivity index is 1.60. The van der Waals surface area contributed by atoms with Gasteiger partial charge in [-0.15, -0.1) is 0 Å². The summed E-state index contributed by atoms with van der Waals surface area (Å²) in [5.74, 6) is -0.961. The van der Waals surface area contributed by atoms with Crippen LogP contribution in [-0.4, -0.2) is 29.8 Å². The molecule has 3 rings (SSSR count). The number of oxazole rings is 1. The fourth-order valence-electron chi connectivity index (χ4n) is 3.28. The van der Waals surface area contributed by atoms with Crippen LogP contribution >= 0.6 is 0 Å².